The SMILES string of the molecule is CC(C)Cc1ccc(S(=N)(=O)N[Si](C)(C)C(C)(C)C)cn1. The molecule has 1 unspecified atom stereocenters. The molecule has 0 aliphatic rings. The summed E-state index contributed by atoms with van der Waals surface area (Å²) in [7, 11) is -5.00. The Morgan fingerprint density at radius 1 is 1.33 bits per heavy atom. The zero-order valence-corrected chi connectivity index (χ0v) is 16.1. The van der Waals surface area contributed by atoms with Gasteiger partial charge in [-0.1, -0.05) is 47.7 Å². The lowest BCUT2D eigenvalue weighted by Gasteiger charge is -2.37. The maximum atomic E-state index is 12.7. The molecular weight excluding hydrogens is 298 g/mol. The van der Waals surface area contributed by atoms with Crippen molar-refractivity contribution in [2.24, 2.45) is 5.92 Å². The fourth-order valence-electron chi connectivity index (χ4n) is 1.69. The second-order valence-corrected chi connectivity index (χ2v) is 14.8. The molecule has 0 amide bonds. The Bertz CT molecular complexity index is 572. The number of nitrogens with zero attached hydrogens (tertiary/aromatic N) is 1. The summed E-state index contributed by atoms with van der Waals surface area (Å²) in [6.07, 6.45) is 2.49. The second-order valence-electron chi connectivity index (χ2n) is 7.62. The van der Waals surface area contributed by atoms with Crippen LogP contribution in [0, 0.1) is 10.7 Å². The molecule has 1 aromatic heterocycles. The zero-order chi connectivity index (χ0) is 16.5. The van der Waals surface area contributed by atoms with E-state index in [-0.39, 0.29) is 5.04 Å². The van der Waals surface area contributed by atoms with E-state index < -0.39 is 18.2 Å². The molecule has 0 spiro atoms. The summed E-state index contributed by atoms with van der Waals surface area (Å²) in [5.41, 5.74) is 0.983. The fraction of sp³-hybridized carbons (Fsp3) is 0.667. The van der Waals surface area contributed by atoms with Crippen molar-refractivity contribution in [2.45, 2.75) is 64.1 Å². The highest BCUT2D eigenvalue weighted by atomic mass is 32.2. The van der Waals surface area contributed by atoms with E-state index in [0.717, 1.165) is 12.1 Å². The Kier molecular flexibility index (Phi) is 5.39. The van der Waals surface area contributed by atoms with Gasteiger partial charge >= 0.3 is 0 Å². The minimum Gasteiger partial charge on any atom is -0.260 e. The van der Waals surface area contributed by atoms with Gasteiger partial charge in [-0.25, -0.2) is 13.4 Å². The number of pyridine rings is 1. The van der Waals surface area contributed by atoms with Crippen LogP contribution >= 0.6 is 0 Å². The summed E-state index contributed by atoms with van der Waals surface area (Å²) in [5.74, 6) is 0.536. The van der Waals surface area contributed by atoms with Crippen molar-refractivity contribution in [2.75, 3.05) is 0 Å². The predicted octanol–water partition coefficient (Wildman–Crippen LogP) is 4.20. The molecule has 1 aromatic rings. The van der Waals surface area contributed by atoms with Crippen molar-refractivity contribution in [1.29, 1.82) is 4.78 Å². The molecule has 0 aliphatic heterocycles. The van der Waals surface area contributed by atoms with Gasteiger partial charge in [-0.2, -0.15) is 0 Å². The van der Waals surface area contributed by atoms with E-state index in [0.29, 0.717) is 10.8 Å². The maximum absolute atomic E-state index is 12.7. The van der Waals surface area contributed by atoms with E-state index in [1.54, 1.807) is 12.3 Å². The molecule has 0 bridgehead atoms. The standard InChI is InChI=1S/C15H29N3OSSi/c1-12(2)10-13-8-9-14(11-17-13)20(16,19)18-21(6,7)15(3,4)5/h8-9,11-12H,10H2,1-7H3,(H2,16,18,19). The largest absolute Gasteiger partial charge is 0.260 e. The molecule has 1 heterocycles. The Morgan fingerprint density at radius 3 is 2.29 bits per heavy atom. The van der Waals surface area contributed by atoms with Gasteiger partial charge in [0, 0.05) is 11.9 Å². The monoisotopic (exact) mass is 327 g/mol. The third kappa shape index (κ3) is 4.90. The van der Waals surface area contributed by atoms with Gasteiger partial charge in [0.05, 0.1) is 4.90 Å². The van der Waals surface area contributed by atoms with Gasteiger partial charge in [0.2, 0.25) is 0 Å². The Morgan fingerprint density at radius 2 is 1.90 bits per heavy atom. The summed E-state index contributed by atoms with van der Waals surface area (Å²) >= 11 is 0. The van der Waals surface area contributed by atoms with Crippen LogP contribution in [0.5, 0.6) is 0 Å². The first-order valence-electron chi connectivity index (χ1n) is 7.38. The average Bonchev–Trinajstić information content (AvgIpc) is 2.25. The fourth-order valence-corrected chi connectivity index (χ4v) is 6.72. The van der Waals surface area contributed by atoms with Crippen LogP contribution in [0.2, 0.25) is 18.1 Å². The molecule has 1 atom stereocenters. The summed E-state index contributed by atoms with van der Waals surface area (Å²) in [5, 5.41) is 0.0295. The van der Waals surface area contributed by atoms with Gasteiger partial charge < -0.3 is 0 Å². The molecule has 0 aromatic carbocycles. The molecule has 6 heteroatoms. The highest BCUT2D eigenvalue weighted by molar-refractivity contribution is 7.92. The van der Waals surface area contributed by atoms with Crippen LogP contribution in [0.15, 0.2) is 23.2 Å². The lowest BCUT2D eigenvalue weighted by molar-refractivity contribution is 0.634. The van der Waals surface area contributed by atoms with Crippen LogP contribution in [0.4, 0.5) is 0 Å². The third-order valence-electron chi connectivity index (χ3n) is 4.02. The molecular formula is C15H29N3OSSi. The van der Waals surface area contributed by atoms with Crippen molar-refractivity contribution in [3.05, 3.63) is 24.0 Å². The van der Waals surface area contributed by atoms with Gasteiger partial charge in [0.1, 0.15) is 18.2 Å². The minimum atomic E-state index is -3.00. The molecule has 0 fully saturated rings. The third-order valence-corrected chi connectivity index (χ3v) is 11.9. The van der Waals surface area contributed by atoms with Crippen LogP contribution in [0.1, 0.15) is 40.3 Å². The first-order chi connectivity index (χ1) is 9.35. The maximum Gasteiger partial charge on any atom is 0.140 e. The van der Waals surface area contributed by atoms with Gasteiger partial charge in [0.15, 0.2) is 0 Å². The van der Waals surface area contributed by atoms with Gasteiger partial charge in [-0.05, 0) is 29.5 Å². The molecule has 2 N–H and O–H groups in total. The van der Waals surface area contributed by atoms with Crippen molar-refractivity contribution < 1.29 is 4.21 Å². The predicted molar refractivity (Wildman–Crippen MR) is 92.2 cm³/mol. The summed E-state index contributed by atoms with van der Waals surface area (Å²) in [6, 6.07) is 3.66. The molecule has 0 radical (unpaired) electrons. The van der Waals surface area contributed by atoms with E-state index in [4.69, 9.17) is 4.78 Å². The first-order valence-corrected chi connectivity index (χ1v) is 11.9. The quantitative estimate of drug-likeness (QED) is 0.796. The smallest absolute Gasteiger partial charge is 0.140 e. The topological polar surface area (TPSA) is 65.8 Å². The molecule has 4 nitrogen and oxygen atoms in total. The molecule has 21 heavy (non-hydrogen) atoms. The normalized spacial score (nSPS) is 16.0. The summed E-state index contributed by atoms with van der Waals surface area (Å²) < 4.78 is 24.1. The van der Waals surface area contributed by atoms with E-state index in [9.17, 15) is 4.21 Å². The van der Waals surface area contributed by atoms with E-state index in [1.165, 1.54) is 0 Å². The van der Waals surface area contributed by atoms with E-state index >= 15 is 0 Å². The van der Waals surface area contributed by atoms with Crippen LogP contribution in [0.3, 0.4) is 0 Å². The molecule has 0 saturated carbocycles. The Labute approximate surface area is 131 Å². The highest BCUT2D eigenvalue weighted by Crippen LogP contribution is 2.34. The number of aromatic nitrogens is 1. The molecule has 120 valence electrons. The number of nitrogens with one attached hydrogen (secondary N) is 2. The first kappa shape index (κ1) is 18.3. The van der Waals surface area contributed by atoms with Crippen LogP contribution < -0.4 is 4.39 Å². The summed E-state index contributed by atoms with van der Waals surface area (Å²) in [6.45, 7) is 14.9. The van der Waals surface area contributed by atoms with Gasteiger partial charge in [0.25, 0.3) is 0 Å². The lowest BCUT2D eigenvalue weighted by atomic mass is 10.1. The van der Waals surface area contributed by atoms with Crippen molar-refractivity contribution in [3.63, 3.8) is 0 Å². The van der Waals surface area contributed by atoms with E-state index in [2.05, 4.69) is 57.1 Å². The van der Waals surface area contributed by atoms with Crippen molar-refractivity contribution in [1.82, 2.24) is 9.37 Å². The van der Waals surface area contributed by atoms with Crippen molar-refractivity contribution in [3.8, 4) is 0 Å². The molecule has 0 aliphatic carbocycles. The van der Waals surface area contributed by atoms with Crippen molar-refractivity contribution >= 4 is 18.2 Å². The molecule has 0 saturated heterocycles. The van der Waals surface area contributed by atoms with E-state index in [1.807, 2.05) is 6.07 Å². The number of hydrogen-bond acceptors (Lipinski definition) is 3. The van der Waals surface area contributed by atoms with Crippen LogP contribution in [-0.4, -0.2) is 17.4 Å². The number of rotatable bonds is 5. The highest BCUT2D eigenvalue weighted by Gasteiger charge is 2.38. The van der Waals surface area contributed by atoms with Gasteiger partial charge in [-0.15, -0.1) is 0 Å². The molecule has 1 rings (SSSR count). The van der Waals surface area contributed by atoms with Gasteiger partial charge in [-0.3, -0.25) is 4.98 Å². The lowest BCUT2D eigenvalue weighted by Crippen LogP contribution is -2.54. The number of hydrogen-bond donors (Lipinski definition) is 2. The minimum absolute atomic E-state index is 0.0295. The van der Waals surface area contributed by atoms with Crippen LogP contribution in [0.25, 0.3) is 0 Å². The van der Waals surface area contributed by atoms with Crippen LogP contribution in [-0.2, 0) is 16.3 Å². The Hall–Kier alpha value is -0.723. The average molecular weight is 328 g/mol. The Balaban J connectivity index is 2.99. The zero-order valence-electron chi connectivity index (χ0n) is 14.3. The second kappa shape index (κ2) is 6.18. The summed E-state index contributed by atoms with van der Waals surface area (Å²) in [4.78, 5) is 4.83.